The Morgan fingerprint density at radius 2 is 1.92 bits per heavy atom. The number of amides is 1. The number of halogens is 4. The van der Waals surface area contributed by atoms with E-state index in [9.17, 15) is 23.1 Å². The van der Waals surface area contributed by atoms with Crippen LogP contribution in [-0.2, 0) is 0 Å². The summed E-state index contributed by atoms with van der Waals surface area (Å²) in [4.78, 5) is 12.5. The molecule has 1 aromatic carbocycles. The van der Waals surface area contributed by atoms with Crippen molar-refractivity contribution in [3.8, 4) is 0 Å². The number of aliphatic hydroxyl groups is 1. The van der Waals surface area contributed by atoms with Gasteiger partial charge in [0, 0.05) is 22.7 Å². The van der Waals surface area contributed by atoms with Gasteiger partial charge in [-0.25, -0.2) is 0 Å². The Labute approximate surface area is 149 Å². The minimum atomic E-state index is -5.01. The Bertz CT molecular complexity index is 646. The van der Waals surface area contributed by atoms with E-state index in [1.165, 1.54) is 24.3 Å². The standard InChI is InChI=1S/C17H20ClF3N2O2/c1-2-3-4-5-6-14-11-16(25,17(19,20)21)23(22-14)15(24)12-7-9-13(18)10-8-12/h7-10,25H,2-6,11H2,1H3/t16-/m0/s1. The van der Waals surface area contributed by atoms with Gasteiger partial charge in [-0.2, -0.15) is 23.3 Å². The normalized spacial score (nSPS) is 20.7. The molecule has 0 fully saturated rings. The number of nitrogens with zero attached hydrogens (tertiary/aromatic N) is 2. The van der Waals surface area contributed by atoms with Gasteiger partial charge in [-0.15, -0.1) is 0 Å². The van der Waals surface area contributed by atoms with Crippen molar-refractivity contribution >= 4 is 23.2 Å². The highest BCUT2D eigenvalue weighted by molar-refractivity contribution is 6.30. The van der Waals surface area contributed by atoms with Crippen LogP contribution < -0.4 is 0 Å². The van der Waals surface area contributed by atoms with E-state index in [0.29, 0.717) is 17.9 Å². The second kappa shape index (κ2) is 7.74. The van der Waals surface area contributed by atoms with Gasteiger partial charge in [0.15, 0.2) is 0 Å². The average molecular weight is 377 g/mol. The summed E-state index contributed by atoms with van der Waals surface area (Å²) in [7, 11) is 0. The second-order valence-electron chi connectivity index (χ2n) is 6.09. The van der Waals surface area contributed by atoms with E-state index in [4.69, 9.17) is 11.6 Å². The Kier molecular flexibility index (Phi) is 6.11. The van der Waals surface area contributed by atoms with Crippen molar-refractivity contribution in [2.75, 3.05) is 0 Å². The molecule has 0 saturated heterocycles. The molecule has 2 rings (SSSR count). The third-order valence-electron chi connectivity index (χ3n) is 4.10. The van der Waals surface area contributed by atoms with Crippen LogP contribution in [-0.4, -0.2) is 33.6 Å². The lowest BCUT2D eigenvalue weighted by molar-refractivity contribution is -0.297. The number of hydrazone groups is 1. The molecule has 1 N–H and O–H groups in total. The molecule has 0 saturated carbocycles. The van der Waals surface area contributed by atoms with Gasteiger partial charge in [0.1, 0.15) is 0 Å². The molecule has 1 atom stereocenters. The molecule has 25 heavy (non-hydrogen) atoms. The molecule has 1 aromatic rings. The molecule has 0 unspecified atom stereocenters. The molecule has 1 aliphatic heterocycles. The molecule has 0 radical (unpaired) electrons. The maximum atomic E-state index is 13.4. The van der Waals surface area contributed by atoms with Crippen LogP contribution in [0.2, 0.25) is 5.02 Å². The van der Waals surface area contributed by atoms with Crippen molar-refractivity contribution in [3.05, 3.63) is 34.9 Å². The zero-order valence-corrected chi connectivity index (χ0v) is 14.6. The molecule has 0 aromatic heterocycles. The molecule has 8 heteroatoms. The minimum Gasteiger partial charge on any atom is -0.362 e. The number of hydrogen-bond acceptors (Lipinski definition) is 3. The Balaban J connectivity index is 2.24. The Morgan fingerprint density at radius 1 is 1.28 bits per heavy atom. The zero-order chi connectivity index (χ0) is 18.7. The van der Waals surface area contributed by atoms with Crippen molar-refractivity contribution in [2.24, 2.45) is 5.10 Å². The molecule has 0 bridgehead atoms. The molecular formula is C17H20ClF3N2O2. The smallest absolute Gasteiger partial charge is 0.362 e. The summed E-state index contributed by atoms with van der Waals surface area (Å²) in [6.07, 6.45) is -1.90. The van der Waals surface area contributed by atoms with E-state index in [-0.39, 0.29) is 16.3 Å². The SMILES string of the molecule is CCCCCCC1=NN(C(=O)c2ccc(Cl)cc2)[C@@](O)(C(F)(F)F)C1. The molecule has 4 nitrogen and oxygen atoms in total. The summed E-state index contributed by atoms with van der Waals surface area (Å²) in [5.74, 6) is -1.01. The first-order valence-electron chi connectivity index (χ1n) is 8.14. The van der Waals surface area contributed by atoms with Gasteiger partial charge in [0.25, 0.3) is 11.6 Å². The van der Waals surface area contributed by atoms with Crippen molar-refractivity contribution in [2.45, 2.75) is 57.3 Å². The topological polar surface area (TPSA) is 52.9 Å². The molecule has 138 valence electrons. The number of carbonyl (C=O) groups excluding carboxylic acids is 1. The average Bonchev–Trinajstić information content (AvgIpc) is 2.89. The van der Waals surface area contributed by atoms with Gasteiger partial charge < -0.3 is 5.11 Å². The number of rotatable bonds is 6. The molecule has 1 aliphatic rings. The van der Waals surface area contributed by atoms with Crippen LogP contribution in [0.25, 0.3) is 0 Å². The fourth-order valence-electron chi connectivity index (χ4n) is 2.66. The van der Waals surface area contributed by atoms with Gasteiger partial charge in [0.2, 0.25) is 0 Å². The summed E-state index contributed by atoms with van der Waals surface area (Å²) in [6, 6.07) is 5.40. The van der Waals surface area contributed by atoms with Gasteiger partial charge >= 0.3 is 6.18 Å². The lowest BCUT2D eigenvalue weighted by Crippen LogP contribution is -2.56. The summed E-state index contributed by atoms with van der Waals surface area (Å²) in [5.41, 5.74) is -3.16. The van der Waals surface area contributed by atoms with E-state index in [1.54, 1.807) is 0 Å². The predicted octanol–water partition coefficient (Wildman–Crippen LogP) is 4.76. The molecule has 0 spiro atoms. The van der Waals surface area contributed by atoms with Gasteiger partial charge in [-0.1, -0.05) is 37.8 Å². The number of alkyl halides is 3. The predicted molar refractivity (Wildman–Crippen MR) is 89.4 cm³/mol. The second-order valence-corrected chi connectivity index (χ2v) is 6.53. The van der Waals surface area contributed by atoms with E-state index in [1.807, 2.05) is 6.92 Å². The van der Waals surface area contributed by atoms with E-state index < -0.39 is 24.2 Å². The van der Waals surface area contributed by atoms with Crippen molar-refractivity contribution < 1.29 is 23.1 Å². The maximum Gasteiger partial charge on any atom is 0.438 e. The van der Waals surface area contributed by atoms with E-state index >= 15 is 0 Å². The van der Waals surface area contributed by atoms with Gasteiger partial charge in [-0.05, 0) is 37.1 Å². The van der Waals surface area contributed by atoms with Crippen LogP contribution in [0.1, 0.15) is 55.8 Å². The number of benzene rings is 1. The molecular weight excluding hydrogens is 357 g/mol. The maximum absolute atomic E-state index is 13.4. The molecule has 1 heterocycles. The van der Waals surface area contributed by atoms with Crippen LogP contribution in [0, 0.1) is 0 Å². The lowest BCUT2D eigenvalue weighted by atomic mass is 10.0. The Morgan fingerprint density at radius 3 is 2.48 bits per heavy atom. The number of carbonyl (C=O) groups is 1. The first kappa shape index (κ1) is 19.7. The zero-order valence-electron chi connectivity index (χ0n) is 13.8. The van der Waals surface area contributed by atoms with Crippen LogP contribution in [0.3, 0.4) is 0 Å². The Hall–Kier alpha value is -1.60. The van der Waals surface area contributed by atoms with Gasteiger partial charge in [-0.3, -0.25) is 4.79 Å². The largest absolute Gasteiger partial charge is 0.438 e. The summed E-state index contributed by atoms with van der Waals surface area (Å²) >= 11 is 5.73. The number of hydrogen-bond donors (Lipinski definition) is 1. The van der Waals surface area contributed by atoms with Crippen molar-refractivity contribution in [1.82, 2.24) is 5.01 Å². The number of unbranched alkanes of at least 4 members (excludes halogenated alkanes) is 3. The molecule has 0 aliphatic carbocycles. The minimum absolute atomic E-state index is 0.0249. The fourth-order valence-corrected chi connectivity index (χ4v) is 2.79. The molecule has 1 amide bonds. The lowest BCUT2D eigenvalue weighted by Gasteiger charge is -2.32. The highest BCUT2D eigenvalue weighted by Gasteiger charge is 2.63. The summed E-state index contributed by atoms with van der Waals surface area (Å²) in [5, 5.41) is 14.5. The van der Waals surface area contributed by atoms with Gasteiger partial charge in [0.05, 0.1) is 0 Å². The monoisotopic (exact) mass is 376 g/mol. The first-order chi connectivity index (χ1) is 11.7. The quantitative estimate of drug-likeness (QED) is 0.727. The van der Waals surface area contributed by atoms with Crippen LogP contribution in [0.4, 0.5) is 13.2 Å². The van der Waals surface area contributed by atoms with E-state index in [0.717, 1.165) is 19.3 Å². The highest BCUT2D eigenvalue weighted by Crippen LogP contribution is 2.41. The van der Waals surface area contributed by atoms with Crippen molar-refractivity contribution in [3.63, 3.8) is 0 Å². The van der Waals surface area contributed by atoms with Crippen LogP contribution in [0.5, 0.6) is 0 Å². The summed E-state index contributed by atoms with van der Waals surface area (Å²) in [6.45, 7) is 2.03. The fraction of sp³-hybridized carbons (Fsp3) is 0.529. The van der Waals surface area contributed by atoms with Crippen LogP contribution >= 0.6 is 11.6 Å². The summed E-state index contributed by atoms with van der Waals surface area (Å²) < 4.78 is 40.2. The van der Waals surface area contributed by atoms with Crippen LogP contribution in [0.15, 0.2) is 29.4 Å². The third-order valence-corrected chi connectivity index (χ3v) is 4.35. The van der Waals surface area contributed by atoms with E-state index in [2.05, 4.69) is 5.10 Å². The highest BCUT2D eigenvalue weighted by atomic mass is 35.5. The third kappa shape index (κ3) is 4.33. The van der Waals surface area contributed by atoms with Crippen molar-refractivity contribution in [1.29, 1.82) is 0 Å². The first-order valence-corrected chi connectivity index (χ1v) is 8.52.